The SMILES string of the molecule is CC(NS(=O)(=O)CCCOCn1ccc(=O)[nH]c1=O)c1ccccc1Cl. The average Bonchev–Trinajstić information content (AvgIpc) is 2.56. The molecule has 2 N–H and O–H groups in total. The number of nitrogens with zero attached hydrogens (tertiary/aromatic N) is 1. The second kappa shape index (κ2) is 9.13. The van der Waals surface area contributed by atoms with Crippen molar-refractivity contribution >= 4 is 21.6 Å². The highest BCUT2D eigenvalue weighted by atomic mass is 35.5. The molecule has 0 amide bonds. The standard InChI is InChI=1S/C16H20ClN3O5S/c1-12(13-5-2-3-6-14(13)17)19-26(23,24)10-4-9-25-11-20-8-7-15(21)18-16(20)22/h2-3,5-8,12,19H,4,9-11H2,1H3,(H,18,21,22). The average molecular weight is 402 g/mol. The van der Waals surface area contributed by atoms with Crippen molar-refractivity contribution in [2.45, 2.75) is 26.1 Å². The number of sulfonamides is 1. The second-order valence-corrected chi connectivity index (χ2v) is 7.93. The molecule has 1 unspecified atom stereocenters. The van der Waals surface area contributed by atoms with Gasteiger partial charge in [-0.15, -0.1) is 0 Å². The number of halogens is 1. The highest BCUT2D eigenvalue weighted by Gasteiger charge is 2.17. The van der Waals surface area contributed by atoms with E-state index in [1.54, 1.807) is 31.2 Å². The summed E-state index contributed by atoms with van der Waals surface area (Å²) < 4.78 is 33.3. The van der Waals surface area contributed by atoms with Crippen LogP contribution in [0.1, 0.15) is 24.9 Å². The Balaban J connectivity index is 1.78. The predicted octanol–water partition coefficient (Wildman–Crippen LogP) is 1.23. The summed E-state index contributed by atoms with van der Waals surface area (Å²) in [5, 5.41) is 0.498. The minimum atomic E-state index is -3.51. The fourth-order valence-corrected chi connectivity index (χ4v) is 3.86. The van der Waals surface area contributed by atoms with E-state index in [2.05, 4.69) is 9.71 Å². The molecule has 0 aliphatic rings. The number of hydrogen-bond acceptors (Lipinski definition) is 5. The van der Waals surface area contributed by atoms with Gasteiger partial charge in [-0.05, 0) is 25.0 Å². The van der Waals surface area contributed by atoms with Crippen molar-refractivity contribution < 1.29 is 13.2 Å². The molecule has 1 atom stereocenters. The maximum absolute atomic E-state index is 12.1. The van der Waals surface area contributed by atoms with E-state index >= 15 is 0 Å². The van der Waals surface area contributed by atoms with Crippen LogP contribution >= 0.6 is 11.6 Å². The number of nitrogens with one attached hydrogen (secondary N) is 2. The van der Waals surface area contributed by atoms with Gasteiger partial charge in [-0.2, -0.15) is 0 Å². The van der Waals surface area contributed by atoms with Crippen LogP contribution in [-0.2, 0) is 21.5 Å². The molecule has 1 aromatic heterocycles. The molecule has 26 heavy (non-hydrogen) atoms. The maximum atomic E-state index is 12.1. The first kappa shape index (κ1) is 20.4. The van der Waals surface area contributed by atoms with Gasteiger partial charge in [-0.25, -0.2) is 17.9 Å². The quantitative estimate of drug-likeness (QED) is 0.614. The topological polar surface area (TPSA) is 110 Å². The number of ether oxygens (including phenoxy) is 1. The van der Waals surface area contributed by atoms with Crippen molar-refractivity contribution in [2.75, 3.05) is 12.4 Å². The summed E-state index contributed by atoms with van der Waals surface area (Å²) in [6.07, 6.45) is 1.56. The van der Waals surface area contributed by atoms with Crippen molar-refractivity contribution in [2.24, 2.45) is 0 Å². The summed E-state index contributed by atoms with van der Waals surface area (Å²) >= 11 is 6.07. The van der Waals surface area contributed by atoms with Crippen LogP contribution in [0, 0.1) is 0 Å². The Morgan fingerprint density at radius 2 is 2.00 bits per heavy atom. The third-order valence-electron chi connectivity index (χ3n) is 3.56. The van der Waals surface area contributed by atoms with Gasteiger partial charge in [0.25, 0.3) is 5.56 Å². The number of hydrogen-bond donors (Lipinski definition) is 2. The number of aromatic amines is 1. The lowest BCUT2D eigenvalue weighted by atomic mass is 10.1. The monoisotopic (exact) mass is 401 g/mol. The lowest BCUT2D eigenvalue weighted by Gasteiger charge is -2.16. The van der Waals surface area contributed by atoms with Gasteiger partial charge in [0.2, 0.25) is 10.0 Å². The van der Waals surface area contributed by atoms with Crippen LogP contribution < -0.4 is 16.0 Å². The summed E-state index contributed by atoms with van der Waals surface area (Å²) in [5.41, 5.74) is -0.372. The number of rotatable bonds is 9. The van der Waals surface area contributed by atoms with Crippen molar-refractivity contribution in [3.8, 4) is 0 Å². The van der Waals surface area contributed by atoms with Gasteiger partial charge in [0.1, 0.15) is 6.73 Å². The molecule has 8 nitrogen and oxygen atoms in total. The Kier molecular flexibility index (Phi) is 7.15. The molecule has 10 heteroatoms. The third-order valence-corrected chi connectivity index (χ3v) is 5.44. The van der Waals surface area contributed by atoms with Crippen molar-refractivity contribution in [3.05, 3.63) is 68.0 Å². The minimum Gasteiger partial charge on any atom is -0.361 e. The summed E-state index contributed by atoms with van der Waals surface area (Å²) in [7, 11) is -3.51. The van der Waals surface area contributed by atoms with E-state index in [1.165, 1.54) is 16.8 Å². The fraction of sp³-hybridized carbons (Fsp3) is 0.375. The van der Waals surface area contributed by atoms with Crippen LogP contribution in [0.2, 0.25) is 5.02 Å². The molecule has 1 heterocycles. The Labute approximate surface area is 155 Å². The van der Waals surface area contributed by atoms with Crippen LogP contribution in [0.4, 0.5) is 0 Å². The number of benzene rings is 1. The highest BCUT2D eigenvalue weighted by molar-refractivity contribution is 7.89. The zero-order chi connectivity index (χ0) is 19.2. The third kappa shape index (κ3) is 6.10. The summed E-state index contributed by atoms with van der Waals surface area (Å²) in [4.78, 5) is 24.5. The van der Waals surface area contributed by atoms with E-state index in [0.29, 0.717) is 10.6 Å². The van der Waals surface area contributed by atoms with Crippen LogP contribution in [0.3, 0.4) is 0 Å². The first-order valence-electron chi connectivity index (χ1n) is 7.90. The molecule has 1 aromatic carbocycles. The van der Waals surface area contributed by atoms with Gasteiger partial charge in [-0.3, -0.25) is 14.3 Å². The van der Waals surface area contributed by atoms with Crippen molar-refractivity contribution in [1.29, 1.82) is 0 Å². The molecule has 2 aromatic rings. The fourth-order valence-electron chi connectivity index (χ4n) is 2.28. The highest BCUT2D eigenvalue weighted by Crippen LogP contribution is 2.22. The number of aromatic nitrogens is 2. The van der Waals surface area contributed by atoms with Crippen LogP contribution in [0.25, 0.3) is 0 Å². The molecular weight excluding hydrogens is 382 g/mol. The Bertz CT molecular complexity index is 955. The predicted molar refractivity (Wildman–Crippen MR) is 98.7 cm³/mol. The number of H-pyrrole nitrogens is 1. The summed E-state index contributed by atoms with van der Waals surface area (Å²) in [6, 6.07) is 7.79. The molecule has 0 aliphatic carbocycles. The molecule has 0 saturated carbocycles. The van der Waals surface area contributed by atoms with Gasteiger partial charge in [0.15, 0.2) is 0 Å². The normalized spacial score (nSPS) is 12.8. The summed E-state index contributed by atoms with van der Waals surface area (Å²) in [6.45, 7) is 1.80. The Morgan fingerprint density at radius 3 is 2.69 bits per heavy atom. The molecule has 0 radical (unpaired) electrons. The molecule has 0 bridgehead atoms. The van der Waals surface area contributed by atoms with Gasteiger partial charge in [0, 0.05) is 29.9 Å². The zero-order valence-corrected chi connectivity index (χ0v) is 15.7. The molecule has 142 valence electrons. The van der Waals surface area contributed by atoms with E-state index in [9.17, 15) is 18.0 Å². The van der Waals surface area contributed by atoms with E-state index in [4.69, 9.17) is 16.3 Å². The van der Waals surface area contributed by atoms with Crippen LogP contribution in [0.15, 0.2) is 46.1 Å². The van der Waals surface area contributed by atoms with Crippen LogP contribution in [-0.4, -0.2) is 30.3 Å². The van der Waals surface area contributed by atoms with Gasteiger partial charge in [-0.1, -0.05) is 29.8 Å². The second-order valence-electron chi connectivity index (χ2n) is 5.65. The zero-order valence-electron chi connectivity index (χ0n) is 14.1. The smallest absolute Gasteiger partial charge is 0.330 e. The van der Waals surface area contributed by atoms with Crippen LogP contribution in [0.5, 0.6) is 0 Å². The van der Waals surface area contributed by atoms with E-state index < -0.39 is 27.3 Å². The lowest BCUT2D eigenvalue weighted by molar-refractivity contribution is 0.0744. The first-order chi connectivity index (χ1) is 12.3. The maximum Gasteiger partial charge on any atom is 0.330 e. The van der Waals surface area contributed by atoms with Gasteiger partial charge >= 0.3 is 5.69 Å². The van der Waals surface area contributed by atoms with E-state index in [1.807, 2.05) is 0 Å². The largest absolute Gasteiger partial charge is 0.361 e. The molecule has 0 spiro atoms. The lowest BCUT2D eigenvalue weighted by Crippen LogP contribution is -2.30. The molecular formula is C16H20ClN3O5S. The minimum absolute atomic E-state index is 0.0703. The molecule has 0 fully saturated rings. The molecule has 2 rings (SSSR count). The Hall–Kier alpha value is -1.94. The Morgan fingerprint density at radius 1 is 1.27 bits per heavy atom. The van der Waals surface area contributed by atoms with Gasteiger partial charge < -0.3 is 4.74 Å². The van der Waals surface area contributed by atoms with E-state index in [-0.39, 0.29) is 25.5 Å². The van der Waals surface area contributed by atoms with Crippen molar-refractivity contribution in [1.82, 2.24) is 14.3 Å². The van der Waals surface area contributed by atoms with E-state index in [0.717, 1.165) is 0 Å². The van der Waals surface area contributed by atoms with Crippen molar-refractivity contribution in [3.63, 3.8) is 0 Å². The molecule has 0 aliphatic heterocycles. The van der Waals surface area contributed by atoms with Gasteiger partial charge in [0.05, 0.1) is 5.75 Å². The molecule has 0 saturated heterocycles. The first-order valence-corrected chi connectivity index (χ1v) is 9.93. The summed E-state index contributed by atoms with van der Waals surface area (Å²) in [5.74, 6) is -0.123.